The molecule has 0 aliphatic rings. The van der Waals surface area contributed by atoms with Gasteiger partial charge in [-0.2, -0.15) is 0 Å². The fourth-order valence-electron chi connectivity index (χ4n) is 1.44. The van der Waals surface area contributed by atoms with Gasteiger partial charge in [-0.1, -0.05) is 6.92 Å². The van der Waals surface area contributed by atoms with Gasteiger partial charge < -0.3 is 9.52 Å². The highest BCUT2D eigenvalue weighted by Crippen LogP contribution is 2.24. The second kappa shape index (κ2) is 3.18. The zero-order valence-corrected chi connectivity index (χ0v) is 7.78. The molecule has 14 heavy (non-hydrogen) atoms. The van der Waals surface area contributed by atoms with E-state index in [0.29, 0.717) is 5.39 Å². The summed E-state index contributed by atoms with van der Waals surface area (Å²) in [5, 5.41) is 10.0. The van der Waals surface area contributed by atoms with Gasteiger partial charge in [0.25, 0.3) is 0 Å². The first-order valence-corrected chi connectivity index (χ1v) is 4.45. The summed E-state index contributed by atoms with van der Waals surface area (Å²) in [5.41, 5.74) is 1.06. The van der Waals surface area contributed by atoms with Crippen molar-refractivity contribution in [2.45, 2.75) is 13.3 Å². The van der Waals surface area contributed by atoms with Crippen molar-refractivity contribution >= 4 is 11.0 Å². The molecule has 0 spiro atoms. The number of phenols is 1. The molecule has 2 aromatic rings. The van der Waals surface area contributed by atoms with Crippen LogP contribution >= 0.6 is 0 Å². The second-order valence-electron chi connectivity index (χ2n) is 3.13. The topological polar surface area (TPSA) is 50.4 Å². The van der Waals surface area contributed by atoms with E-state index in [9.17, 15) is 9.90 Å². The Morgan fingerprint density at radius 2 is 2.21 bits per heavy atom. The van der Waals surface area contributed by atoms with Crippen molar-refractivity contribution in [3.05, 3.63) is 40.2 Å². The molecule has 1 aromatic heterocycles. The van der Waals surface area contributed by atoms with Gasteiger partial charge in [-0.05, 0) is 24.1 Å². The molecule has 0 bridgehead atoms. The zero-order chi connectivity index (χ0) is 10.1. The normalized spacial score (nSPS) is 10.6. The molecule has 72 valence electrons. The van der Waals surface area contributed by atoms with E-state index in [1.165, 1.54) is 12.3 Å². The van der Waals surface area contributed by atoms with Gasteiger partial charge >= 0.3 is 0 Å². The van der Waals surface area contributed by atoms with Crippen LogP contribution in [0.1, 0.15) is 12.5 Å². The van der Waals surface area contributed by atoms with Crippen molar-refractivity contribution in [3.8, 4) is 5.75 Å². The summed E-state index contributed by atoms with van der Waals surface area (Å²) in [5.74, 6) is 0.0250. The van der Waals surface area contributed by atoms with Crippen LogP contribution in [-0.4, -0.2) is 5.11 Å². The van der Waals surface area contributed by atoms with Crippen molar-refractivity contribution in [3.63, 3.8) is 0 Å². The smallest absolute Gasteiger partial charge is 0.192 e. The zero-order valence-electron chi connectivity index (χ0n) is 7.78. The number of hydrogen-bond acceptors (Lipinski definition) is 3. The fraction of sp³-hybridized carbons (Fsp3) is 0.182. The first-order chi connectivity index (χ1) is 6.72. The van der Waals surface area contributed by atoms with Gasteiger partial charge in [-0.3, -0.25) is 4.79 Å². The molecule has 0 saturated heterocycles. The van der Waals surface area contributed by atoms with E-state index in [1.807, 2.05) is 6.92 Å². The van der Waals surface area contributed by atoms with Crippen LogP contribution in [0.5, 0.6) is 5.75 Å². The van der Waals surface area contributed by atoms with Crippen LogP contribution in [0.3, 0.4) is 0 Å². The minimum Gasteiger partial charge on any atom is -0.504 e. The van der Waals surface area contributed by atoms with Crippen molar-refractivity contribution in [1.29, 1.82) is 0 Å². The van der Waals surface area contributed by atoms with E-state index in [4.69, 9.17) is 4.42 Å². The maximum Gasteiger partial charge on any atom is 0.192 e. The van der Waals surface area contributed by atoms with E-state index in [1.54, 1.807) is 12.1 Å². The molecule has 0 aliphatic carbocycles. The summed E-state index contributed by atoms with van der Waals surface area (Å²) in [7, 11) is 0. The summed E-state index contributed by atoms with van der Waals surface area (Å²) in [4.78, 5) is 11.4. The standard InChI is InChI=1S/C11H10O3/c1-2-7-5-8-9(12)3-4-14-11(8)10(13)6-7/h3-6,13H,2H2,1H3. The predicted octanol–water partition coefficient (Wildman–Crippen LogP) is 2.06. The summed E-state index contributed by atoms with van der Waals surface area (Å²) >= 11 is 0. The molecule has 1 aromatic carbocycles. The summed E-state index contributed by atoms with van der Waals surface area (Å²) in [6, 6.07) is 4.72. The van der Waals surface area contributed by atoms with Crippen LogP contribution in [0.25, 0.3) is 11.0 Å². The molecule has 3 heteroatoms. The average Bonchev–Trinajstić information content (AvgIpc) is 2.19. The number of phenolic OH excluding ortho intramolecular Hbond substituents is 1. The van der Waals surface area contributed by atoms with E-state index in [0.717, 1.165) is 12.0 Å². The van der Waals surface area contributed by atoms with Crippen LogP contribution in [0.4, 0.5) is 0 Å². The van der Waals surface area contributed by atoms with E-state index < -0.39 is 0 Å². The Kier molecular flexibility index (Phi) is 2.00. The van der Waals surface area contributed by atoms with E-state index in [2.05, 4.69) is 0 Å². The van der Waals surface area contributed by atoms with Crippen LogP contribution in [0.2, 0.25) is 0 Å². The lowest BCUT2D eigenvalue weighted by atomic mass is 10.1. The number of hydrogen-bond donors (Lipinski definition) is 1. The molecule has 0 amide bonds. The second-order valence-corrected chi connectivity index (χ2v) is 3.13. The minimum absolute atomic E-state index is 0.0250. The number of aryl methyl sites for hydroxylation is 1. The van der Waals surface area contributed by atoms with Gasteiger partial charge in [0, 0.05) is 6.07 Å². The van der Waals surface area contributed by atoms with Gasteiger partial charge in [0.1, 0.15) is 0 Å². The van der Waals surface area contributed by atoms with Crippen molar-refractivity contribution < 1.29 is 9.52 Å². The third-order valence-electron chi connectivity index (χ3n) is 2.21. The average molecular weight is 190 g/mol. The Bertz CT molecular complexity index is 526. The first kappa shape index (κ1) is 8.81. The summed E-state index contributed by atoms with van der Waals surface area (Å²) in [6.45, 7) is 1.96. The maximum atomic E-state index is 11.4. The summed E-state index contributed by atoms with van der Waals surface area (Å²) < 4.78 is 5.07. The molecule has 0 unspecified atom stereocenters. The van der Waals surface area contributed by atoms with Crippen LogP contribution in [0.15, 0.2) is 33.7 Å². The fourth-order valence-corrected chi connectivity index (χ4v) is 1.44. The van der Waals surface area contributed by atoms with Gasteiger partial charge in [0.05, 0.1) is 11.6 Å². The molecule has 0 saturated carbocycles. The van der Waals surface area contributed by atoms with Gasteiger partial charge in [0.2, 0.25) is 0 Å². The summed E-state index contributed by atoms with van der Waals surface area (Å²) in [6.07, 6.45) is 2.06. The molecule has 1 heterocycles. The molecule has 3 nitrogen and oxygen atoms in total. The number of fused-ring (bicyclic) bond motifs is 1. The predicted molar refractivity (Wildman–Crippen MR) is 53.5 cm³/mol. The van der Waals surface area contributed by atoms with Crippen molar-refractivity contribution in [2.75, 3.05) is 0 Å². The minimum atomic E-state index is -0.128. The Balaban J connectivity index is 2.91. The highest BCUT2D eigenvalue weighted by molar-refractivity contribution is 5.82. The lowest BCUT2D eigenvalue weighted by molar-refractivity contribution is 0.462. The SMILES string of the molecule is CCc1cc(O)c2occc(=O)c2c1. The molecule has 1 N–H and O–H groups in total. The van der Waals surface area contributed by atoms with Crippen molar-refractivity contribution in [1.82, 2.24) is 0 Å². The Morgan fingerprint density at radius 3 is 2.93 bits per heavy atom. The Hall–Kier alpha value is -1.77. The monoisotopic (exact) mass is 190 g/mol. The molecular weight excluding hydrogens is 180 g/mol. The largest absolute Gasteiger partial charge is 0.504 e. The lowest BCUT2D eigenvalue weighted by Crippen LogP contribution is -1.98. The first-order valence-electron chi connectivity index (χ1n) is 4.45. The van der Waals surface area contributed by atoms with Crippen LogP contribution in [-0.2, 0) is 6.42 Å². The highest BCUT2D eigenvalue weighted by Gasteiger charge is 2.06. The molecular formula is C11H10O3. The highest BCUT2D eigenvalue weighted by atomic mass is 16.3. The number of aromatic hydroxyl groups is 1. The molecule has 0 fully saturated rings. The lowest BCUT2D eigenvalue weighted by Gasteiger charge is -2.01. The third kappa shape index (κ3) is 1.27. The molecule has 2 rings (SSSR count). The quantitative estimate of drug-likeness (QED) is 0.748. The molecule has 0 aliphatic heterocycles. The maximum absolute atomic E-state index is 11.4. The van der Waals surface area contributed by atoms with Crippen LogP contribution in [0, 0.1) is 0 Å². The van der Waals surface area contributed by atoms with Gasteiger partial charge in [-0.25, -0.2) is 0 Å². The van der Waals surface area contributed by atoms with Crippen LogP contribution < -0.4 is 5.43 Å². The van der Waals surface area contributed by atoms with E-state index >= 15 is 0 Å². The van der Waals surface area contributed by atoms with E-state index in [-0.39, 0.29) is 16.8 Å². The number of rotatable bonds is 1. The van der Waals surface area contributed by atoms with Gasteiger partial charge in [0.15, 0.2) is 16.8 Å². The Morgan fingerprint density at radius 1 is 1.43 bits per heavy atom. The van der Waals surface area contributed by atoms with Gasteiger partial charge in [-0.15, -0.1) is 0 Å². The van der Waals surface area contributed by atoms with Crippen molar-refractivity contribution in [2.24, 2.45) is 0 Å². The molecule has 0 radical (unpaired) electrons. The molecule has 0 atom stereocenters. The number of benzene rings is 1. The third-order valence-corrected chi connectivity index (χ3v) is 2.21. The Labute approximate surface area is 80.6 Å².